The fourth-order valence-electron chi connectivity index (χ4n) is 3.82. The minimum atomic E-state index is -0.233. The molecule has 33 heavy (non-hydrogen) atoms. The van der Waals surface area contributed by atoms with Crippen molar-refractivity contribution in [2.24, 2.45) is 5.73 Å². The third-order valence-electron chi connectivity index (χ3n) is 5.59. The van der Waals surface area contributed by atoms with Crippen LogP contribution in [0.2, 0.25) is 0 Å². The largest absolute Gasteiger partial charge is 0.325 e. The number of amides is 1. The Morgan fingerprint density at radius 3 is 2.88 bits per heavy atom. The second kappa shape index (κ2) is 8.82. The number of pyridine rings is 1. The van der Waals surface area contributed by atoms with Crippen molar-refractivity contribution in [2.75, 3.05) is 18.4 Å². The minimum absolute atomic E-state index is 0.233. The van der Waals surface area contributed by atoms with E-state index < -0.39 is 0 Å². The van der Waals surface area contributed by atoms with Gasteiger partial charge in [0.05, 0.1) is 11.8 Å². The van der Waals surface area contributed by atoms with Crippen LogP contribution in [-0.4, -0.2) is 49.5 Å². The Bertz CT molecular complexity index is 1390. The van der Waals surface area contributed by atoms with Crippen LogP contribution in [0.4, 0.5) is 5.69 Å². The molecule has 4 aromatic rings. The normalized spacial score (nSPS) is 13.9. The first-order valence-electron chi connectivity index (χ1n) is 10.7. The van der Waals surface area contributed by atoms with Gasteiger partial charge in [-0.25, -0.2) is 9.50 Å². The van der Waals surface area contributed by atoms with E-state index >= 15 is 0 Å². The highest BCUT2D eigenvalue weighted by Crippen LogP contribution is 2.20. The molecule has 1 aliphatic rings. The Hall–Kier alpha value is -4.06. The van der Waals surface area contributed by atoms with Gasteiger partial charge in [0, 0.05) is 55.5 Å². The summed E-state index contributed by atoms with van der Waals surface area (Å²) in [4.78, 5) is 23.6. The number of hydrogen-bond donors (Lipinski definition) is 2. The predicted octanol–water partition coefficient (Wildman–Crippen LogP) is 2.23. The van der Waals surface area contributed by atoms with Crippen LogP contribution in [0.3, 0.4) is 0 Å². The van der Waals surface area contributed by atoms with E-state index in [0.717, 1.165) is 36.5 Å². The molecule has 1 saturated heterocycles. The van der Waals surface area contributed by atoms with E-state index in [1.54, 1.807) is 29.2 Å². The third-order valence-corrected chi connectivity index (χ3v) is 5.59. The molecule has 0 unspecified atom stereocenters. The van der Waals surface area contributed by atoms with E-state index in [1.165, 1.54) is 11.8 Å². The molecule has 0 spiro atoms. The van der Waals surface area contributed by atoms with Gasteiger partial charge < -0.3 is 11.1 Å². The van der Waals surface area contributed by atoms with Crippen molar-refractivity contribution in [1.82, 2.24) is 24.5 Å². The molecule has 0 bridgehead atoms. The van der Waals surface area contributed by atoms with Crippen LogP contribution in [0.25, 0.3) is 5.65 Å². The van der Waals surface area contributed by atoms with Gasteiger partial charge in [0.1, 0.15) is 5.69 Å². The van der Waals surface area contributed by atoms with E-state index in [0.29, 0.717) is 16.8 Å². The molecule has 1 amide bonds. The summed E-state index contributed by atoms with van der Waals surface area (Å²) < 4.78 is 1.67. The van der Waals surface area contributed by atoms with Gasteiger partial charge in [-0.2, -0.15) is 5.10 Å². The Labute approximate surface area is 191 Å². The molecule has 5 rings (SSSR count). The molecule has 0 saturated carbocycles. The van der Waals surface area contributed by atoms with Crippen LogP contribution in [0.1, 0.15) is 32.7 Å². The summed E-state index contributed by atoms with van der Waals surface area (Å²) in [6.45, 7) is 4.79. The van der Waals surface area contributed by atoms with Crippen LogP contribution >= 0.6 is 0 Å². The molecule has 3 aromatic heterocycles. The zero-order chi connectivity index (χ0) is 22.8. The van der Waals surface area contributed by atoms with Crippen molar-refractivity contribution >= 4 is 17.2 Å². The maximum absolute atomic E-state index is 12.8. The Kier molecular flexibility index (Phi) is 5.57. The molecule has 0 aliphatic carbocycles. The van der Waals surface area contributed by atoms with Crippen LogP contribution in [0.5, 0.6) is 0 Å². The standard InChI is InChI=1S/C25H23N7O/c1-17-9-22(6-5-19(17)14-31-15-21(26)16-31)30-25(33)20-10-18(11-27-12-20)4-7-23-13-28-24-3-2-8-29-32(23)24/h2-3,5-6,8-13,21H,14-16,26H2,1H3,(H,30,33). The van der Waals surface area contributed by atoms with Crippen molar-refractivity contribution in [3.63, 3.8) is 0 Å². The van der Waals surface area contributed by atoms with Crippen LogP contribution in [0, 0.1) is 18.8 Å². The number of rotatable bonds is 4. The van der Waals surface area contributed by atoms with Gasteiger partial charge >= 0.3 is 0 Å². The molecule has 1 aliphatic heterocycles. The minimum Gasteiger partial charge on any atom is -0.325 e. The smallest absolute Gasteiger partial charge is 0.257 e. The SMILES string of the molecule is Cc1cc(NC(=O)c2cncc(C#Cc3cnc4cccnn34)c2)ccc1CN1CC(N)C1. The number of aromatic nitrogens is 4. The van der Waals surface area contributed by atoms with Crippen molar-refractivity contribution < 1.29 is 4.79 Å². The number of nitrogens with one attached hydrogen (secondary N) is 1. The molecule has 8 nitrogen and oxygen atoms in total. The highest BCUT2D eigenvalue weighted by atomic mass is 16.1. The third kappa shape index (κ3) is 4.60. The molecule has 8 heteroatoms. The van der Waals surface area contributed by atoms with Crippen molar-refractivity contribution in [1.29, 1.82) is 0 Å². The average molecular weight is 438 g/mol. The Balaban J connectivity index is 1.28. The van der Waals surface area contributed by atoms with Gasteiger partial charge in [0.15, 0.2) is 5.65 Å². The molecule has 0 radical (unpaired) electrons. The van der Waals surface area contributed by atoms with E-state index in [2.05, 4.69) is 50.1 Å². The van der Waals surface area contributed by atoms with Gasteiger partial charge in [-0.1, -0.05) is 12.0 Å². The lowest BCUT2D eigenvalue weighted by atomic mass is 10.0. The number of carbonyl (C=O) groups excluding carboxylic acids is 1. The number of fused-ring (bicyclic) bond motifs is 1. The van der Waals surface area contributed by atoms with Crippen molar-refractivity contribution in [3.8, 4) is 11.8 Å². The lowest BCUT2D eigenvalue weighted by Gasteiger charge is -2.37. The fourth-order valence-corrected chi connectivity index (χ4v) is 3.82. The number of likely N-dealkylation sites (tertiary alicyclic amines) is 1. The lowest BCUT2D eigenvalue weighted by molar-refractivity contribution is 0.102. The quantitative estimate of drug-likeness (QED) is 0.475. The number of carbonyl (C=O) groups is 1. The summed E-state index contributed by atoms with van der Waals surface area (Å²) in [6, 6.07) is 11.7. The van der Waals surface area contributed by atoms with E-state index in [1.807, 2.05) is 24.3 Å². The van der Waals surface area contributed by atoms with E-state index in [9.17, 15) is 4.79 Å². The predicted molar refractivity (Wildman–Crippen MR) is 126 cm³/mol. The first-order chi connectivity index (χ1) is 16.0. The zero-order valence-corrected chi connectivity index (χ0v) is 18.2. The summed E-state index contributed by atoms with van der Waals surface area (Å²) in [5.74, 6) is 5.85. The molecular weight excluding hydrogens is 414 g/mol. The summed E-state index contributed by atoms with van der Waals surface area (Å²) in [7, 11) is 0. The van der Waals surface area contributed by atoms with Crippen LogP contribution in [-0.2, 0) is 6.54 Å². The molecule has 0 atom stereocenters. The second-order valence-electron chi connectivity index (χ2n) is 8.20. The van der Waals surface area contributed by atoms with Gasteiger partial charge in [0.2, 0.25) is 0 Å². The van der Waals surface area contributed by atoms with Gasteiger partial charge in [0.25, 0.3) is 5.91 Å². The maximum atomic E-state index is 12.8. The highest BCUT2D eigenvalue weighted by molar-refractivity contribution is 6.04. The van der Waals surface area contributed by atoms with E-state index in [-0.39, 0.29) is 11.9 Å². The summed E-state index contributed by atoms with van der Waals surface area (Å²) >= 11 is 0. The van der Waals surface area contributed by atoms with Gasteiger partial charge in [-0.05, 0) is 54.3 Å². The van der Waals surface area contributed by atoms with Crippen molar-refractivity contribution in [2.45, 2.75) is 19.5 Å². The van der Waals surface area contributed by atoms with Crippen LogP contribution < -0.4 is 11.1 Å². The van der Waals surface area contributed by atoms with Gasteiger partial charge in [-0.3, -0.25) is 14.7 Å². The second-order valence-corrected chi connectivity index (χ2v) is 8.20. The first-order valence-corrected chi connectivity index (χ1v) is 10.7. The number of aryl methyl sites for hydroxylation is 1. The summed E-state index contributed by atoms with van der Waals surface area (Å²) in [5, 5.41) is 7.20. The average Bonchev–Trinajstić information content (AvgIpc) is 3.21. The first kappa shape index (κ1) is 20.8. The van der Waals surface area contributed by atoms with Gasteiger partial charge in [-0.15, -0.1) is 0 Å². The molecule has 4 heterocycles. The Morgan fingerprint density at radius 2 is 2.06 bits per heavy atom. The number of nitrogens with two attached hydrogens (primary N) is 1. The molecule has 164 valence electrons. The molecule has 1 aromatic carbocycles. The molecule has 1 fully saturated rings. The highest BCUT2D eigenvalue weighted by Gasteiger charge is 2.23. The van der Waals surface area contributed by atoms with Crippen molar-refractivity contribution in [3.05, 3.63) is 89.1 Å². The summed E-state index contributed by atoms with van der Waals surface area (Å²) in [5.41, 5.74) is 11.4. The number of nitrogens with zero attached hydrogens (tertiary/aromatic N) is 5. The van der Waals surface area contributed by atoms with E-state index in [4.69, 9.17) is 5.73 Å². The van der Waals surface area contributed by atoms with Crippen LogP contribution in [0.15, 0.2) is 61.2 Å². The number of imidazole rings is 1. The Morgan fingerprint density at radius 1 is 1.18 bits per heavy atom. The summed E-state index contributed by atoms with van der Waals surface area (Å²) in [6.07, 6.45) is 6.51. The maximum Gasteiger partial charge on any atom is 0.257 e. The fraction of sp³-hybridized carbons (Fsp3) is 0.200. The topological polar surface area (TPSA) is 101 Å². The monoisotopic (exact) mass is 437 g/mol. The zero-order valence-electron chi connectivity index (χ0n) is 18.2. The molecule has 3 N–H and O–H groups in total. The number of anilines is 1. The number of hydrogen-bond acceptors (Lipinski definition) is 6. The molecular formula is C25H23N7O. The number of benzene rings is 1. The lowest BCUT2D eigenvalue weighted by Crippen LogP contribution is -2.54.